The van der Waals surface area contributed by atoms with Crippen LogP contribution in [0.5, 0.6) is 0 Å². The quantitative estimate of drug-likeness (QED) is 0.690. The summed E-state index contributed by atoms with van der Waals surface area (Å²) in [5.41, 5.74) is 0.580. The van der Waals surface area contributed by atoms with Crippen LogP contribution in [-0.2, 0) is 0 Å². The zero-order valence-corrected chi connectivity index (χ0v) is 9.27. The van der Waals surface area contributed by atoms with Gasteiger partial charge in [-0.05, 0) is 24.3 Å². The van der Waals surface area contributed by atoms with Gasteiger partial charge in [0, 0.05) is 6.04 Å². The van der Waals surface area contributed by atoms with Crippen molar-refractivity contribution >= 4 is 0 Å². The Labute approximate surface area is 82.3 Å². The van der Waals surface area contributed by atoms with Crippen molar-refractivity contribution in [2.45, 2.75) is 52.0 Å². The second-order valence-corrected chi connectivity index (χ2v) is 5.51. The summed E-state index contributed by atoms with van der Waals surface area (Å²) in [5.74, 6) is 2.00. The van der Waals surface area contributed by atoms with Crippen LogP contribution in [0.15, 0.2) is 0 Å². The molecule has 0 radical (unpaired) electrons. The van der Waals surface area contributed by atoms with E-state index in [2.05, 4.69) is 26.2 Å². The fourth-order valence-electron chi connectivity index (χ4n) is 3.60. The molecule has 1 N–H and O–H groups in total. The van der Waals surface area contributed by atoms with Crippen LogP contribution in [-0.4, -0.2) is 13.1 Å². The molecule has 2 aliphatic carbocycles. The van der Waals surface area contributed by atoms with Crippen LogP contribution in [0.3, 0.4) is 0 Å². The fraction of sp³-hybridized carbons (Fsp3) is 1.00. The Hall–Kier alpha value is -0.0400. The van der Waals surface area contributed by atoms with Gasteiger partial charge >= 0.3 is 0 Å². The normalized spacial score (nSPS) is 39.0. The number of hydrogen-bond donors (Lipinski definition) is 1. The standard InChI is InChI=1S/C12H23N/c1-12(2)10(11(12)13-3)9-7-5-4-6-8-9/h9-11,13H,4-8H2,1-3H3. The lowest BCUT2D eigenvalue weighted by Crippen LogP contribution is -2.17. The SMILES string of the molecule is CNC1C(C2CCCCC2)C1(C)C. The molecule has 2 aliphatic rings. The first-order valence-electron chi connectivity index (χ1n) is 5.85. The van der Waals surface area contributed by atoms with Crippen LogP contribution in [0.2, 0.25) is 0 Å². The van der Waals surface area contributed by atoms with E-state index in [1.54, 1.807) is 0 Å². The Morgan fingerprint density at radius 2 is 1.69 bits per heavy atom. The van der Waals surface area contributed by atoms with Crippen molar-refractivity contribution < 1.29 is 0 Å². The van der Waals surface area contributed by atoms with Crippen LogP contribution in [0.1, 0.15) is 46.0 Å². The summed E-state index contributed by atoms with van der Waals surface area (Å²) in [6.07, 6.45) is 7.42. The average molecular weight is 181 g/mol. The van der Waals surface area contributed by atoms with E-state index in [9.17, 15) is 0 Å². The lowest BCUT2D eigenvalue weighted by atomic mass is 9.83. The second kappa shape index (κ2) is 3.27. The molecule has 0 bridgehead atoms. The molecule has 2 saturated carbocycles. The van der Waals surface area contributed by atoms with Gasteiger partial charge in [-0.2, -0.15) is 0 Å². The Morgan fingerprint density at radius 3 is 2.15 bits per heavy atom. The summed E-state index contributed by atoms with van der Waals surface area (Å²) in [6, 6.07) is 0.801. The Bertz CT molecular complexity index is 180. The predicted octanol–water partition coefficient (Wildman–Crippen LogP) is 2.81. The van der Waals surface area contributed by atoms with Gasteiger partial charge in [0.25, 0.3) is 0 Å². The maximum absolute atomic E-state index is 3.48. The third-order valence-electron chi connectivity index (χ3n) is 4.38. The van der Waals surface area contributed by atoms with E-state index in [0.717, 1.165) is 17.9 Å². The van der Waals surface area contributed by atoms with Gasteiger partial charge in [-0.3, -0.25) is 0 Å². The van der Waals surface area contributed by atoms with Crippen molar-refractivity contribution in [2.75, 3.05) is 7.05 Å². The molecule has 2 fully saturated rings. The smallest absolute Gasteiger partial charge is 0.0155 e. The molecule has 0 aliphatic heterocycles. The summed E-state index contributed by atoms with van der Waals surface area (Å²) in [4.78, 5) is 0. The second-order valence-electron chi connectivity index (χ2n) is 5.51. The lowest BCUT2D eigenvalue weighted by molar-refractivity contribution is 0.289. The first-order valence-corrected chi connectivity index (χ1v) is 5.85. The number of nitrogens with one attached hydrogen (secondary N) is 1. The molecular weight excluding hydrogens is 158 g/mol. The maximum atomic E-state index is 3.48. The summed E-state index contributed by atoms with van der Waals surface area (Å²) < 4.78 is 0. The van der Waals surface area contributed by atoms with E-state index < -0.39 is 0 Å². The van der Waals surface area contributed by atoms with Crippen LogP contribution >= 0.6 is 0 Å². The molecule has 0 heterocycles. The van der Waals surface area contributed by atoms with Crippen molar-refractivity contribution in [3.63, 3.8) is 0 Å². The third kappa shape index (κ3) is 1.52. The highest BCUT2D eigenvalue weighted by molar-refractivity contribution is 5.12. The van der Waals surface area contributed by atoms with Gasteiger partial charge < -0.3 is 5.32 Å². The molecule has 0 aromatic carbocycles. The zero-order valence-electron chi connectivity index (χ0n) is 9.27. The first-order chi connectivity index (χ1) is 6.18. The molecule has 2 rings (SSSR count). The van der Waals surface area contributed by atoms with Gasteiger partial charge in [-0.25, -0.2) is 0 Å². The zero-order chi connectivity index (χ0) is 9.47. The van der Waals surface area contributed by atoms with Crippen LogP contribution < -0.4 is 5.32 Å². The average Bonchev–Trinajstić information content (AvgIpc) is 2.69. The fourth-order valence-corrected chi connectivity index (χ4v) is 3.60. The summed E-state index contributed by atoms with van der Waals surface area (Å²) >= 11 is 0. The molecule has 2 atom stereocenters. The monoisotopic (exact) mass is 181 g/mol. The Balaban J connectivity index is 1.94. The molecule has 13 heavy (non-hydrogen) atoms. The van der Waals surface area contributed by atoms with Crippen LogP contribution in [0.4, 0.5) is 0 Å². The largest absolute Gasteiger partial charge is 0.316 e. The topological polar surface area (TPSA) is 12.0 Å². The van der Waals surface area contributed by atoms with Gasteiger partial charge in [0.1, 0.15) is 0 Å². The van der Waals surface area contributed by atoms with E-state index in [4.69, 9.17) is 0 Å². The van der Waals surface area contributed by atoms with E-state index in [1.165, 1.54) is 32.1 Å². The molecule has 76 valence electrons. The minimum Gasteiger partial charge on any atom is -0.316 e. The highest BCUT2D eigenvalue weighted by atomic mass is 15.0. The Kier molecular flexibility index (Phi) is 2.39. The van der Waals surface area contributed by atoms with Crippen molar-refractivity contribution in [2.24, 2.45) is 17.3 Å². The molecule has 0 aromatic heterocycles. The van der Waals surface area contributed by atoms with Gasteiger partial charge in [0.05, 0.1) is 0 Å². The first kappa shape index (κ1) is 9.51. The molecule has 0 aromatic rings. The van der Waals surface area contributed by atoms with Crippen molar-refractivity contribution in [3.8, 4) is 0 Å². The molecule has 0 spiro atoms. The highest BCUT2D eigenvalue weighted by Gasteiger charge is 2.59. The van der Waals surface area contributed by atoms with Gasteiger partial charge in [0.15, 0.2) is 0 Å². The van der Waals surface area contributed by atoms with E-state index in [1.807, 2.05) is 0 Å². The minimum absolute atomic E-state index is 0.580. The maximum Gasteiger partial charge on any atom is 0.0155 e. The summed E-state index contributed by atoms with van der Waals surface area (Å²) in [7, 11) is 2.12. The van der Waals surface area contributed by atoms with Crippen molar-refractivity contribution in [1.82, 2.24) is 5.32 Å². The van der Waals surface area contributed by atoms with Gasteiger partial charge in [-0.1, -0.05) is 46.0 Å². The van der Waals surface area contributed by atoms with Gasteiger partial charge in [0.2, 0.25) is 0 Å². The molecular formula is C12H23N. The molecule has 0 saturated heterocycles. The molecule has 0 amide bonds. The third-order valence-corrected chi connectivity index (χ3v) is 4.38. The molecule has 2 unspecified atom stereocenters. The summed E-state index contributed by atoms with van der Waals surface area (Å²) in [6.45, 7) is 4.85. The molecule has 1 nitrogen and oxygen atoms in total. The number of rotatable bonds is 2. The minimum atomic E-state index is 0.580. The van der Waals surface area contributed by atoms with E-state index >= 15 is 0 Å². The highest BCUT2D eigenvalue weighted by Crippen LogP contribution is 2.58. The Morgan fingerprint density at radius 1 is 1.08 bits per heavy atom. The van der Waals surface area contributed by atoms with Gasteiger partial charge in [-0.15, -0.1) is 0 Å². The predicted molar refractivity (Wildman–Crippen MR) is 56.7 cm³/mol. The lowest BCUT2D eigenvalue weighted by Gasteiger charge is -2.22. The van der Waals surface area contributed by atoms with Crippen LogP contribution in [0, 0.1) is 17.3 Å². The summed E-state index contributed by atoms with van der Waals surface area (Å²) in [5, 5.41) is 3.48. The van der Waals surface area contributed by atoms with Crippen molar-refractivity contribution in [3.05, 3.63) is 0 Å². The van der Waals surface area contributed by atoms with E-state index in [0.29, 0.717) is 5.41 Å². The van der Waals surface area contributed by atoms with Crippen LogP contribution in [0.25, 0.3) is 0 Å². The number of hydrogen-bond acceptors (Lipinski definition) is 1. The molecule has 1 heteroatoms. The van der Waals surface area contributed by atoms with E-state index in [-0.39, 0.29) is 0 Å². The van der Waals surface area contributed by atoms with Crippen molar-refractivity contribution in [1.29, 1.82) is 0 Å².